The maximum atomic E-state index is 14.6. The van der Waals surface area contributed by atoms with Crippen molar-refractivity contribution in [2.75, 3.05) is 51.3 Å². The lowest BCUT2D eigenvalue weighted by molar-refractivity contribution is -0.128. The Kier molecular flexibility index (Phi) is 9.29. The Labute approximate surface area is 246 Å². The van der Waals surface area contributed by atoms with Crippen LogP contribution in [0.3, 0.4) is 0 Å². The number of ether oxygens (including phenoxy) is 1. The Hall–Kier alpha value is -2.89. The zero-order valence-corrected chi connectivity index (χ0v) is 24.4. The van der Waals surface area contributed by atoms with E-state index >= 15 is 0 Å². The summed E-state index contributed by atoms with van der Waals surface area (Å²) in [6, 6.07) is -1.42. The highest BCUT2D eigenvalue weighted by atomic mass is 32.1. The van der Waals surface area contributed by atoms with Gasteiger partial charge in [-0.25, -0.2) is 27.7 Å². The number of anilines is 1. The largest absolute Gasteiger partial charge is 0.379 e. The van der Waals surface area contributed by atoms with Gasteiger partial charge in [0.2, 0.25) is 0 Å². The number of carbonyl (C=O) groups is 1. The highest BCUT2D eigenvalue weighted by Gasteiger charge is 2.52. The molecule has 3 heterocycles. The third-order valence-electron chi connectivity index (χ3n) is 8.64. The first-order valence-corrected chi connectivity index (χ1v) is 15.3. The Balaban J connectivity index is 1.38. The van der Waals surface area contributed by atoms with Crippen LogP contribution in [0, 0.1) is 11.8 Å². The molecule has 1 aromatic heterocycles. The molecule has 2 aliphatic heterocycles. The van der Waals surface area contributed by atoms with Crippen LogP contribution in [0.5, 0.6) is 0 Å². The fourth-order valence-corrected chi connectivity index (χ4v) is 6.80. The summed E-state index contributed by atoms with van der Waals surface area (Å²) < 4.78 is 49.1. The van der Waals surface area contributed by atoms with Gasteiger partial charge in [-0.05, 0) is 37.5 Å². The van der Waals surface area contributed by atoms with Crippen LogP contribution >= 0.6 is 11.3 Å². The molecule has 4 fully saturated rings. The molecule has 230 valence electrons. The second-order valence-corrected chi connectivity index (χ2v) is 12.9. The second kappa shape index (κ2) is 12.8. The highest BCUT2D eigenvalue weighted by molar-refractivity contribution is 7.15. The van der Waals surface area contributed by atoms with E-state index in [1.165, 1.54) is 11.1 Å². The van der Waals surface area contributed by atoms with Crippen LogP contribution < -0.4 is 16.0 Å². The molecule has 0 radical (unpaired) electrons. The van der Waals surface area contributed by atoms with E-state index < -0.39 is 42.7 Å². The highest BCUT2D eigenvalue weighted by Crippen LogP contribution is 2.41. The van der Waals surface area contributed by atoms with E-state index in [9.17, 15) is 27.6 Å². The molecule has 2 aliphatic carbocycles. The predicted octanol–water partition coefficient (Wildman–Crippen LogP) is 2.67. The number of rotatable bonds is 10. The van der Waals surface area contributed by atoms with Gasteiger partial charge in [-0.3, -0.25) is 9.69 Å². The summed E-state index contributed by atoms with van der Waals surface area (Å²) in [6.07, 6.45) is 5.23. The molecule has 5 rings (SSSR count). The zero-order chi connectivity index (χ0) is 29.9. The average Bonchev–Trinajstić information content (AvgIpc) is 3.57. The fourth-order valence-electron chi connectivity index (χ4n) is 5.86. The van der Waals surface area contributed by atoms with Gasteiger partial charge in [-0.15, -0.1) is 0 Å². The van der Waals surface area contributed by atoms with Gasteiger partial charge in [0.1, 0.15) is 11.6 Å². The Morgan fingerprint density at radius 1 is 1.21 bits per heavy atom. The van der Waals surface area contributed by atoms with Crippen molar-refractivity contribution in [1.29, 1.82) is 0 Å². The van der Waals surface area contributed by atoms with E-state index in [0.717, 1.165) is 37.0 Å². The summed E-state index contributed by atoms with van der Waals surface area (Å²) in [4.78, 5) is 45.1. The predicted molar refractivity (Wildman–Crippen MR) is 150 cm³/mol. The van der Waals surface area contributed by atoms with Crippen molar-refractivity contribution in [3.8, 4) is 0 Å². The number of halogens is 3. The number of aromatic nitrogens is 1. The summed E-state index contributed by atoms with van der Waals surface area (Å²) in [7, 11) is 0. The normalized spacial score (nSPS) is 26.7. The summed E-state index contributed by atoms with van der Waals surface area (Å²) >= 11 is 1.16. The van der Waals surface area contributed by atoms with Gasteiger partial charge in [0.25, 0.3) is 11.8 Å². The van der Waals surface area contributed by atoms with Crippen molar-refractivity contribution >= 4 is 34.3 Å². The quantitative estimate of drug-likeness (QED) is 0.344. The summed E-state index contributed by atoms with van der Waals surface area (Å²) in [6.45, 7) is 3.39. The Morgan fingerprint density at radius 3 is 2.57 bits per heavy atom. The molecule has 2 atom stereocenters. The minimum atomic E-state index is -3.07. The van der Waals surface area contributed by atoms with Crippen molar-refractivity contribution in [2.24, 2.45) is 11.8 Å². The molecule has 0 aromatic carbocycles. The molecule has 1 unspecified atom stereocenters. The zero-order valence-electron chi connectivity index (χ0n) is 23.6. The summed E-state index contributed by atoms with van der Waals surface area (Å²) in [5.41, 5.74) is -1.85. The molecule has 4 aliphatic rings. The van der Waals surface area contributed by atoms with Crippen LogP contribution in [-0.2, 0) is 19.1 Å². The number of morpholine rings is 1. The molecule has 42 heavy (non-hydrogen) atoms. The minimum absolute atomic E-state index is 0.0508. The number of nitrogens with one attached hydrogen (secondary N) is 3. The third-order valence-corrected chi connectivity index (χ3v) is 9.65. The number of hydrogen-bond donors (Lipinski definition) is 3. The van der Waals surface area contributed by atoms with Crippen LogP contribution in [-0.4, -0.2) is 96.1 Å². The summed E-state index contributed by atoms with van der Waals surface area (Å²) in [5.74, 6) is 0.288. The first-order valence-electron chi connectivity index (χ1n) is 14.5. The van der Waals surface area contributed by atoms with E-state index in [1.54, 1.807) is 5.94 Å². The molecule has 0 spiro atoms. The SMILES string of the molecule is CC1CCC([C@H](NC(=O)C2(F)CC2)C(=C=O)Nc2ncc(C(CN3CCOCC3)N3CC(F)(F)CNC3=C=O)s2)CC1. The molecule has 3 N–H and O–H groups in total. The van der Waals surface area contributed by atoms with Gasteiger partial charge in [-0.1, -0.05) is 31.1 Å². The van der Waals surface area contributed by atoms with Crippen molar-refractivity contribution in [3.63, 3.8) is 0 Å². The van der Waals surface area contributed by atoms with Crippen LogP contribution in [0.2, 0.25) is 0 Å². The van der Waals surface area contributed by atoms with Gasteiger partial charge >= 0.3 is 0 Å². The first kappa shape index (κ1) is 30.6. The van der Waals surface area contributed by atoms with Gasteiger partial charge in [0.05, 0.1) is 43.3 Å². The van der Waals surface area contributed by atoms with E-state index in [1.807, 2.05) is 5.94 Å². The second-order valence-electron chi connectivity index (χ2n) is 11.9. The molecular weight excluding hydrogens is 573 g/mol. The van der Waals surface area contributed by atoms with Crippen molar-refractivity contribution in [3.05, 3.63) is 22.6 Å². The molecule has 0 bridgehead atoms. The van der Waals surface area contributed by atoms with Gasteiger partial charge in [-0.2, -0.15) is 0 Å². The maximum absolute atomic E-state index is 14.6. The lowest BCUT2D eigenvalue weighted by Gasteiger charge is -2.42. The monoisotopic (exact) mass is 610 g/mol. The van der Waals surface area contributed by atoms with E-state index in [0.29, 0.717) is 48.8 Å². The van der Waals surface area contributed by atoms with Crippen LogP contribution in [0.15, 0.2) is 17.7 Å². The minimum Gasteiger partial charge on any atom is -0.379 e. The van der Waals surface area contributed by atoms with Crippen molar-refractivity contribution in [1.82, 2.24) is 25.4 Å². The van der Waals surface area contributed by atoms with Crippen molar-refractivity contribution < 1.29 is 32.3 Å². The molecule has 2 saturated carbocycles. The average molecular weight is 611 g/mol. The van der Waals surface area contributed by atoms with Crippen molar-refractivity contribution in [2.45, 2.75) is 69.1 Å². The number of amides is 1. The first-order chi connectivity index (χ1) is 20.1. The molecule has 2 saturated heterocycles. The molecular formula is C28H37F3N6O4S. The van der Waals surface area contributed by atoms with E-state index in [2.05, 4.69) is 32.8 Å². The molecule has 1 aromatic rings. The van der Waals surface area contributed by atoms with Crippen LogP contribution in [0.25, 0.3) is 0 Å². The fraction of sp³-hybridized carbons (Fsp3) is 0.714. The van der Waals surface area contributed by atoms with Gasteiger partial charge in [0, 0.05) is 25.8 Å². The van der Waals surface area contributed by atoms with Gasteiger partial charge in [0.15, 0.2) is 22.6 Å². The lowest BCUT2D eigenvalue weighted by Crippen LogP contribution is -2.55. The summed E-state index contributed by atoms with van der Waals surface area (Å²) in [5, 5.41) is 8.57. The number of carbonyl (C=O) groups excluding carboxylic acids is 3. The number of thiazole rings is 1. The molecule has 10 nitrogen and oxygen atoms in total. The van der Waals surface area contributed by atoms with E-state index in [-0.39, 0.29) is 30.3 Å². The Bertz CT molecular complexity index is 1230. The van der Waals surface area contributed by atoms with E-state index in [4.69, 9.17) is 4.74 Å². The maximum Gasteiger partial charge on any atom is 0.282 e. The van der Waals surface area contributed by atoms with Crippen LogP contribution in [0.4, 0.5) is 18.3 Å². The number of hydrogen-bond acceptors (Lipinski definition) is 10. The van der Waals surface area contributed by atoms with Gasteiger partial charge < -0.3 is 25.6 Å². The topological polar surface area (TPSA) is 116 Å². The Morgan fingerprint density at radius 2 is 1.93 bits per heavy atom. The lowest BCUT2D eigenvalue weighted by atomic mass is 9.78. The number of nitrogens with zero attached hydrogens (tertiary/aromatic N) is 3. The smallest absolute Gasteiger partial charge is 0.282 e. The standard InChI is InChI=1S/C28H37F3N6O4S/c1-18-2-4-19(5-3-18)24(35-25(40)27(29)6-7-27)20(14-38)34-26-32-12-22(42-26)21(13-36-8-10-41-11-9-36)37-17-28(30,31)16-33-23(37)15-39/h12,18-19,21,24,33H,2-11,13,16-17H2,1H3,(H,32,34)(H,35,40)/t18?,19?,21?,24-/m0/s1. The van der Waals surface area contributed by atoms with Crippen LogP contribution in [0.1, 0.15) is 56.4 Å². The molecule has 14 heteroatoms. The third kappa shape index (κ3) is 7.18. The molecule has 1 amide bonds. The number of alkyl halides is 3.